The summed E-state index contributed by atoms with van der Waals surface area (Å²) < 4.78 is 10.6. The zero-order valence-electron chi connectivity index (χ0n) is 11.8. The molecule has 0 unspecified atom stereocenters. The number of rotatable bonds is 7. The van der Waals surface area contributed by atoms with Crippen molar-refractivity contribution in [2.45, 2.75) is 13.0 Å². The highest BCUT2D eigenvalue weighted by Gasteiger charge is 2.01. The Morgan fingerprint density at radius 1 is 1.05 bits per heavy atom. The Bertz CT molecular complexity index is 512. The van der Waals surface area contributed by atoms with E-state index in [0.717, 1.165) is 30.9 Å². The molecular weight excluding hydrogens is 254 g/mol. The second kappa shape index (κ2) is 7.57. The topological polar surface area (TPSA) is 56.3 Å². The maximum atomic E-state index is 5.60. The molecule has 0 atom stereocenters. The van der Waals surface area contributed by atoms with Gasteiger partial charge in [0.2, 0.25) is 0 Å². The summed E-state index contributed by atoms with van der Waals surface area (Å²) in [5.41, 5.74) is 2.24. The minimum atomic E-state index is 0.356. The first-order valence-electron chi connectivity index (χ1n) is 6.53. The molecule has 0 saturated carbocycles. The maximum Gasteiger partial charge on any atom is 0.321 e. The molecule has 5 nitrogen and oxygen atoms in total. The van der Waals surface area contributed by atoms with Gasteiger partial charge in [-0.15, -0.1) is 0 Å². The van der Waals surface area contributed by atoms with Crippen molar-refractivity contribution in [1.29, 1.82) is 0 Å². The molecule has 0 aliphatic heterocycles. The van der Waals surface area contributed by atoms with Crippen LogP contribution in [0.1, 0.15) is 11.1 Å². The highest BCUT2D eigenvalue weighted by atomic mass is 16.5. The van der Waals surface area contributed by atoms with Gasteiger partial charge in [-0.2, -0.15) is 0 Å². The molecule has 0 spiro atoms. The predicted molar refractivity (Wildman–Crippen MR) is 76.9 cm³/mol. The van der Waals surface area contributed by atoms with Gasteiger partial charge in [-0.3, -0.25) is 0 Å². The van der Waals surface area contributed by atoms with Gasteiger partial charge in [0.1, 0.15) is 5.75 Å². The van der Waals surface area contributed by atoms with Crippen LogP contribution in [0.4, 0.5) is 0 Å². The minimum absolute atomic E-state index is 0.356. The van der Waals surface area contributed by atoms with Crippen LogP contribution in [0.5, 0.6) is 11.8 Å². The van der Waals surface area contributed by atoms with Crippen LogP contribution in [0.3, 0.4) is 0 Å². The molecule has 0 fully saturated rings. The average Bonchev–Trinajstić information content (AvgIpc) is 2.49. The number of hydrogen-bond donors (Lipinski definition) is 1. The smallest absolute Gasteiger partial charge is 0.321 e. The van der Waals surface area contributed by atoms with Gasteiger partial charge in [0.05, 0.1) is 6.61 Å². The molecule has 5 heteroatoms. The Hall–Kier alpha value is -1.98. The first-order valence-corrected chi connectivity index (χ1v) is 6.53. The van der Waals surface area contributed by atoms with Gasteiger partial charge < -0.3 is 14.8 Å². The van der Waals surface area contributed by atoms with Crippen LogP contribution in [-0.4, -0.2) is 30.7 Å². The Morgan fingerprint density at radius 2 is 1.75 bits per heavy atom. The van der Waals surface area contributed by atoms with E-state index in [1.54, 1.807) is 19.5 Å². The molecule has 2 rings (SSSR count). The zero-order chi connectivity index (χ0) is 14.2. The van der Waals surface area contributed by atoms with Gasteiger partial charge in [0.25, 0.3) is 0 Å². The maximum absolute atomic E-state index is 5.60. The molecular formula is C15H19N3O2. The molecule has 1 aromatic heterocycles. The summed E-state index contributed by atoms with van der Waals surface area (Å²) in [6.45, 7) is 1.46. The number of nitrogens with zero attached hydrogens (tertiary/aromatic N) is 2. The number of aromatic nitrogens is 2. The third-order valence-corrected chi connectivity index (χ3v) is 2.79. The molecule has 0 amide bonds. The number of nitrogens with one attached hydrogen (secondary N) is 1. The summed E-state index contributed by atoms with van der Waals surface area (Å²) >= 11 is 0. The molecule has 0 saturated heterocycles. The number of hydrogen-bond acceptors (Lipinski definition) is 5. The summed E-state index contributed by atoms with van der Waals surface area (Å²) in [4.78, 5) is 8.34. The fourth-order valence-electron chi connectivity index (χ4n) is 1.74. The Kier molecular flexibility index (Phi) is 5.46. The van der Waals surface area contributed by atoms with Crippen LogP contribution in [-0.2, 0) is 17.7 Å². The lowest BCUT2D eigenvalue weighted by atomic mass is 10.1. The lowest BCUT2D eigenvalue weighted by molar-refractivity contribution is 0.202. The van der Waals surface area contributed by atoms with E-state index < -0.39 is 0 Å². The van der Waals surface area contributed by atoms with E-state index in [1.165, 1.54) is 5.56 Å². The van der Waals surface area contributed by atoms with Crippen molar-refractivity contribution in [2.75, 3.05) is 20.8 Å². The standard InChI is InChI=1S/C15H19N3O2/c1-16-9-13-10-17-15(18-11-13)20-14-5-3-12(4-6-14)7-8-19-2/h3-6,10-11,16H,7-9H2,1-2H3. The van der Waals surface area contributed by atoms with E-state index >= 15 is 0 Å². The van der Waals surface area contributed by atoms with E-state index in [2.05, 4.69) is 15.3 Å². The molecule has 106 valence electrons. The fraction of sp³-hybridized carbons (Fsp3) is 0.333. The van der Waals surface area contributed by atoms with Crippen molar-refractivity contribution in [3.63, 3.8) is 0 Å². The van der Waals surface area contributed by atoms with Gasteiger partial charge in [0, 0.05) is 31.6 Å². The molecule has 1 N–H and O–H groups in total. The normalized spacial score (nSPS) is 10.5. The summed E-state index contributed by atoms with van der Waals surface area (Å²) in [6, 6.07) is 8.22. The van der Waals surface area contributed by atoms with Crippen molar-refractivity contribution in [3.8, 4) is 11.8 Å². The molecule has 0 bridgehead atoms. The molecule has 20 heavy (non-hydrogen) atoms. The number of benzene rings is 1. The summed E-state index contributed by atoms with van der Waals surface area (Å²) in [6.07, 6.45) is 4.41. The molecule has 1 aromatic carbocycles. The number of methoxy groups -OCH3 is 1. The van der Waals surface area contributed by atoms with Crippen LogP contribution in [0.25, 0.3) is 0 Å². The quantitative estimate of drug-likeness (QED) is 0.838. The monoisotopic (exact) mass is 273 g/mol. The minimum Gasteiger partial charge on any atom is -0.424 e. The van der Waals surface area contributed by atoms with Crippen molar-refractivity contribution in [3.05, 3.63) is 47.8 Å². The van der Waals surface area contributed by atoms with E-state index in [-0.39, 0.29) is 0 Å². The molecule has 1 heterocycles. The average molecular weight is 273 g/mol. The van der Waals surface area contributed by atoms with E-state index in [0.29, 0.717) is 6.01 Å². The second-order valence-electron chi connectivity index (χ2n) is 4.39. The van der Waals surface area contributed by atoms with Gasteiger partial charge in [0.15, 0.2) is 0 Å². The lowest BCUT2D eigenvalue weighted by Crippen LogP contribution is -2.06. The highest BCUT2D eigenvalue weighted by Crippen LogP contribution is 2.18. The zero-order valence-corrected chi connectivity index (χ0v) is 11.8. The SMILES string of the molecule is CNCc1cnc(Oc2ccc(CCOC)cc2)nc1. The van der Waals surface area contributed by atoms with Crippen LogP contribution < -0.4 is 10.1 Å². The van der Waals surface area contributed by atoms with Gasteiger partial charge >= 0.3 is 6.01 Å². The van der Waals surface area contributed by atoms with E-state index in [1.807, 2.05) is 31.3 Å². The van der Waals surface area contributed by atoms with Crippen molar-refractivity contribution in [2.24, 2.45) is 0 Å². The first kappa shape index (κ1) is 14.4. The third kappa shape index (κ3) is 4.29. The van der Waals surface area contributed by atoms with E-state index in [9.17, 15) is 0 Å². The van der Waals surface area contributed by atoms with Crippen LogP contribution >= 0.6 is 0 Å². The number of ether oxygens (including phenoxy) is 2. The van der Waals surface area contributed by atoms with Crippen LogP contribution in [0, 0.1) is 0 Å². The predicted octanol–water partition coefficient (Wildman–Crippen LogP) is 2.18. The van der Waals surface area contributed by atoms with Crippen LogP contribution in [0.15, 0.2) is 36.7 Å². The molecule has 0 radical (unpaired) electrons. The second-order valence-corrected chi connectivity index (χ2v) is 4.39. The third-order valence-electron chi connectivity index (χ3n) is 2.79. The van der Waals surface area contributed by atoms with Crippen molar-refractivity contribution < 1.29 is 9.47 Å². The van der Waals surface area contributed by atoms with Gasteiger partial charge in [-0.1, -0.05) is 12.1 Å². The molecule has 0 aliphatic carbocycles. The van der Waals surface area contributed by atoms with Crippen molar-refractivity contribution in [1.82, 2.24) is 15.3 Å². The lowest BCUT2D eigenvalue weighted by Gasteiger charge is -2.06. The van der Waals surface area contributed by atoms with Crippen molar-refractivity contribution >= 4 is 0 Å². The van der Waals surface area contributed by atoms with E-state index in [4.69, 9.17) is 9.47 Å². The largest absolute Gasteiger partial charge is 0.424 e. The fourth-order valence-corrected chi connectivity index (χ4v) is 1.74. The Labute approximate surface area is 119 Å². The van der Waals surface area contributed by atoms with Gasteiger partial charge in [-0.05, 0) is 31.2 Å². The summed E-state index contributed by atoms with van der Waals surface area (Å²) in [7, 11) is 3.59. The van der Waals surface area contributed by atoms with Crippen LogP contribution in [0.2, 0.25) is 0 Å². The Balaban J connectivity index is 1.95. The molecule has 0 aliphatic rings. The Morgan fingerprint density at radius 3 is 2.35 bits per heavy atom. The summed E-state index contributed by atoms with van der Waals surface area (Å²) in [5.74, 6) is 0.729. The summed E-state index contributed by atoms with van der Waals surface area (Å²) in [5, 5.41) is 3.05. The van der Waals surface area contributed by atoms with Gasteiger partial charge in [-0.25, -0.2) is 9.97 Å². The highest BCUT2D eigenvalue weighted by molar-refractivity contribution is 5.29. The first-order chi connectivity index (χ1) is 9.81. The molecule has 2 aromatic rings.